The fourth-order valence-electron chi connectivity index (χ4n) is 5.33. The van der Waals surface area contributed by atoms with Gasteiger partial charge in [0.05, 0.1) is 12.5 Å². The van der Waals surface area contributed by atoms with Gasteiger partial charge in [-0.2, -0.15) is 0 Å². The van der Waals surface area contributed by atoms with Crippen molar-refractivity contribution in [3.63, 3.8) is 0 Å². The molecule has 2 heterocycles. The summed E-state index contributed by atoms with van der Waals surface area (Å²) in [4.78, 5) is 28.7. The molecule has 2 amide bonds. The van der Waals surface area contributed by atoms with Crippen LogP contribution in [-0.4, -0.2) is 66.6 Å². The highest BCUT2D eigenvalue weighted by Crippen LogP contribution is 2.31. The molecule has 2 aromatic carbocycles. The van der Waals surface area contributed by atoms with Gasteiger partial charge in [0, 0.05) is 36.8 Å². The number of hydrogen-bond donors (Lipinski definition) is 1. The second-order valence-corrected chi connectivity index (χ2v) is 10.9. The van der Waals surface area contributed by atoms with Crippen LogP contribution in [0.3, 0.4) is 0 Å². The van der Waals surface area contributed by atoms with Gasteiger partial charge in [-0.05, 0) is 82.3 Å². The van der Waals surface area contributed by atoms with Crippen molar-refractivity contribution in [3.8, 4) is 16.9 Å². The number of ether oxygens (including phenoxy) is 1. The van der Waals surface area contributed by atoms with Gasteiger partial charge in [-0.15, -0.1) is 0 Å². The first-order valence-electron chi connectivity index (χ1n) is 13.1. The molecule has 8 heteroatoms. The van der Waals surface area contributed by atoms with E-state index in [0.717, 1.165) is 25.9 Å². The second-order valence-electron chi connectivity index (χ2n) is 10.9. The number of benzene rings is 2. The average Bonchev–Trinajstić information content (AvgIpc) is 2.87. The van der Waals surface area contributed by atoms with Crippen molar-refractivity contribution < 1.29 is 23.1 Å². The van der Waals surface area contributed by atoms with Gasteiger partial charge < -0.3 is 20.3 Å². The maximum atomic E-state index is 15.3. The van der Waals surface area contributed by atoms with Crippen molar-refractivity contribution in [2.24, 2.45) is 17.6 Å². The lowest BCUT2D eigenvalue weighted by atomic mass is 9.94. The summed E-state index contributed by atoms with van der Waals surface area (Å²) in [6.45, 7) is 6.59. The maximum Gasteiger partial charge on any atom is 0.254 e. The Hall–Kier alpha value is -3.00. The number of primary amides is 1. The summed E-state index contributed by atoms with van der Waals surface area (Å²) in [5, 5.41) is 0. The Morgan fingerprint density at radius 1 is 1.05 bits per heavy atom. The van der Waals surface area contributed by atoms with E-state index in [4.69, 9.17) is 10.5 Å². The summed E-state index contributed by atoms with van der Waals surface area (Å²) in [7, 11) is 0. The molecule has 2 fully saturated rings. The molecule has 6 nitrogen and oxygen atoms in total. The van der Waals surface area contributed by atoms with Crippen molar-refractivity contribution in [1.29, 1.82) is 0 Å². The smallest absolute Gasteiger partial charge is 0.254 e. The predicted octanol–water partition coefficient (Wildman–Crippen LogP) is 4.67. The summed E-state index contributed by atoms with van der Waals surface area (Å²) in [6, 6.07) is 11.7. The molecule has 0 aromatic heterocycles. The molecular weight excluding hydrogens is 476 g/mol. The zero-order valence-corrected chi connectivity index (χ0v) is 21.7. The molecule has 4 rings (SSSR count). The van der Waals surface area contributed by atoms with Crippen molar-refractivity contribution >= 4 is 11.8 Å². The number of alkyl halides is 1. The van der Waals surface area contributed by atoms with Crippen molar-refractivity contribution in [3.05, 3.63) is 53.8 Å². The molecule has 0 spiro atoms. The van der Waals surface area contributed by atoms with E-state index in [1.54, 1.807) is 55.1 Å². The molecule has 1 unspecified atom stereocenters. The van der Waals surface area contributed by atoms with Gasteiger partial charge in [0.1, 0.15) is 17.2 Å². The molecule has 0 bridgehead atoms. The summed E-state index contributed by atoms with van der Waals surface area (Å²) < 4.78 is 35.1. The highest BCUT2D eigenvalue weighted by Gasteiger charge is 2.29. The third kappa shape index (κ3) is 7.06. The van der Waals surface area contributed by atoms with Crippen LogP contribution in [0.15, 0.2) is 42.5 Å². The van der Waals surface area contributed by atoms with E-state index in [1.165, 1.54) is 6.07 Å². The maximum absolute atomic E-state index is 15.3. The number of carbonyl (C=O) groups excluding carboxylic acids is 2. The fourth-order valence-corrected chi connectivity index (χ4v) is 5.33. The summed E-state index contributed by atoms with van der Waals surface area (Å²) in [5.41, 5.74) is 5.48. The monoisotopic (exact) mass is 513 g/mol. The zero-order valence-electron chi connectivity index (χ0n) is 21.7. The Labute approximate surface area is 217 Å². The van der Waals surface area contributed by atoms with Crippen molar-refractivity contribution in [1.82, 2.24) is 9.80 Å². The van der Waals surface area contributed by atoms with Gasteiger partial charge in [-0.1, -0.05) is 18.2 Å². The van der Waals surface area contributed by atoms with E-state index in [0.29, 0.717) is 60.9 Å². The number of nitrogens with zero attached hydrogens (tertiary/aromatic N) is 2. The highest BCUT2D eigenvalue weighted by molar-refractivity contribution is 6.01. The van der Waals surface area contributed by atoms with Crippen LogP contribution in [0.25, 0.3) is 11.1 Å². The quantitative estimate of drug-likeness (QED) is 0.557. The standard InChI is InChI=1S/C29H37F2N3O3/c1-29(2,31)19-33-14-11-20(12-15-33)18-37-22-9-10-24(26(30)16-22)23-7-3-4-8-25(23)28(36)34-13-5-6-21(17-34)27(32)35/h3-4,7-10,16,20-21H,5-6,11-15,17-19H2,1-2H3,(H2,32,35). The van der Waals surface area contributed by atoms with Crippen molar-refractivity contribution in [2.45, 2.75) is 45.2 Å². The van der Waals surface area contributed by atoms with Gasteiger partial charge in [0.15, 0.2) is 0 Å². The molecule has 2 N–H and O–H groups in total. The predicted molar refractivity (Wildman–Crippen MR) is 140 cm³/mol. The van der Waals surface area contributed by atoms with Gasteiger partial charge in [-0.25, -0.2) is 8.78 Å². The minimum absolute atomic E-state index is 0.233. The Balaban J connectivity index is 1.40. The Kier molecular flexibility index (Phi) is 8.47. The number of carbonyl (C=O) groups is 2. The van der Waals surface area contributed by atoms with E-state index < -0.39 is 17.4 Å². The Bertz CT molecular complexity index is 1110. The Morgan fingerprint density at radius 2 is 1.78 bits per heavy atom. The lowest BCUT2D eigenvalue weighted by Gasteiger charge is -2.34. The van der Waals surface area contributed by atoms with Crippen LogP contribution in [0, 0.1) is 17.7 Å². The third-order valence-electron chi connectivity index (χ3n) is 7.29. The number of hydrogen-bond acceptors (Lipinski definition) is 4. The molecule has 2 aliphatic rings. The first kappa shape index (κ1) is 27.0. The van der Waals surface area contributed by atoms with Crippen LogP contribution >= 0.6 is 0 Å². The van der Waals surface area contributed by atoms with E-state index in [2.05, 4.69) is 4.90 Å². The second kappa shape index (κ2) is 11.6. The molecule has 2 saturated heterocycles. The van der Waals surface area contributed by atoms with Gasteiger partial charge in [-0.3, -0.25) is 9.59 Å². The van der Waals surface area contributed by atoms with E-state index in [9.17, 15) is 14.0 Å². The molecule has 0 aliphatic carbocycles. The molecular formula is C29H37F2N3O3. The number of nitrogens with two attached hydrogens (primary N) is 1. The highest BCUT2D eigenvalue weighted by atomic mass is 19.1. The first-order chi connectivity index (χ1) is 17.6. The number of piperidine rings is 2. The minimum atomic E-state index is -1.20. The summed E-state index contributed by atoms with van der Waals surface area (Å²) in [5.74, 6) is -0.677. The largest absolute Gasteiger partial charge is 0.493 e. The van der Waals surface area contributed by atoms with Crippen LogP contribution in [-0.2, 0) is 4.79 Å². The number of halogens is 2. The van der Waals surface area contributed by atoms with Gasteiger partial charge >= 0.3 is 0 Å². The first-order valence-corrected chi connectivity index (χ1v) is 13.1. The molecule has 2 aliphatic heterocycles. The number of rotatable bonds is 8. The number of amides is 2. The molecule has 2 aromatic rings. The van der Waals surface area contributed by atoms with Crippen LogP contribution in [0.4, 0.5) is 8.78 Å². The summed E-state index contributed by atoms with van der Waals surface area (Å²) in [6.07, 6.45) is 3.21. The third-order valence-corrected chi connectivity index (χ3v) is 7.29. The fraction of sp³-hybridized carbons (Fsp3) is 0.517. The molecule has 0 radical (unpaired) electrons. The van der Waals surface area contributed by atoms with Crippen LogP contribution in [0.2, 0.25) is 0 Å². The lowest BCUT2D eigenvalue weighted by Crippen LogP contribution is -2.44. The topological polar surface area (TPSA) is 75.9 Å². The van der Waals surface area contributed by atoms with E-state index in [-0.39, 0.29) is 18.4 Å². The molecule has 1 atom stereocenters. The van der Waals surface area contributed by atoms with Crippen LogP contribution in [0.5, 0.6) is 5.75 Å². The SMILES string of the molecule is CC(C)(F)CN1CCC(COc2ccc(-c3ccccc3C(=O)N3CCCC(C(N)=O)C3)c(F)c2)CC1. The van der Waals surface area contributed by atoms with E-state index >= 15 is 4.39 Å². The Morgan fingerprint density at radius 3 is 2.46 bits per heavy atom. The van der Waals surface area contributed by atoms with Crippen LogP contribution < -0.4 is 10.5 Å². The zero-order chi connectivity index (χ0) is 26.6. The molecule has 0 saturated carbocycles. The molecule has 200 valence electrons. The number of likely N-dealkylation sites (tertiary alicyclic amines) is 2. The lowest BCUT2D eigenvalue weighted by molar-refractivity contribution is -0.123. The van der Waals surface area contributed by atoms with Crippen LogP contribution in [0.1, 0.15) is 49.9 Å². The average molecular weight is 514 g/mol. The van der Waals surface area contributed by atoms with E-state index in [1.807, 2.05) is 0 Å². The normalized spacial score (nSPS) is 19.6. The van der Waals surface area contributed by atoms with Gasteiger partial charge in [0.25, 0.3) is 5.91 Å². The van der Waals surface area contributed by atoms with Gasteiger partial charge in [0.2, 0.25) is 5.91 Å². The minimum Gasteiger partial charge on any atom is -0.493 e. The molecule has 37 heavy (non-hydrogen) atoms. The van der Waals surface area contributed by atoms with Crippen molar-refractivity contribution in [2.75, 3.05) is 39.3 Å². The summed E-state index contributed by atoms with van der Waals surface area (Å²) >= 11 is 0.